The number of amidine groups is 1. The molecule has 3 heterocycles. The number of benzene rings is 2. The van der Waals surface area contributed by atoms with E-state index in [2.05, 4.69) is 44.9 Å². The lowest BCUT2D eigenvalue weighted by Gasteiger charge is -2.36. The highest BCUT2D eigenvalue weighted by atomic mass is 32.2. The standard InChI is InChI=1S/C24H27F2N5OS/c1-2-3-12-32-18-7-5-17(6-8-18)21-14-22-23-27-28-24(30(23)10-11-31(22)29-21)33-15-16-4-9-19(25)20(26)13-16/h4-11,13,21-23,27,29H,2-3,12,14-15H2,1H3. The first-order valence-electron chi connectivity index (χ1n) is 11.3. The second-order valence-corrected chi connectivity index (χ2v) is 9.32. The van der Waals surface area contributed by atoms with E-state index in [0.717, 1.165) is 48.4 Å². The molecule has 0 aromatic heterocycles. The summed E-state index contributed by atoms with van der Waals surface area (Å²) in [5, 5.41) is 7.47. The van der Waals surface area contributed by atoms with Crippen molar-refractivity contribution >= 4 is 16.9 Å². The zero-order valence-electron chi connectivity index (χ0n) is 18.4. The van der Waals surface area contributed by atoms with Crippen LogP contribution in [0, 0.1) is 11.6 Å². The van der Waals surface area contributed by atoms with Gasteiger partial charge in [0.15, 0.2) is 16.8 Å². The van der Waals surface area contributed by atoms with E-state index in [-0.39, 0.29) is 18.2 Å². The zero-order valence-corrected chi connectivity index (χ0v) is 19.2. The number of hydrazone groups is 1. The minimum atomic E-state index is -0.829. The van der Waals surface area contributed by atoms with Gasteiger partial charge in [-0.25, -0.2) is 14.2 Å². The molecule has 1 saturated heterocycles. The van der Waals surface area contributed by atoms with E-state index in [1.807, 2.05) is 24.5 Å². The van der Waals surface area contributed by atoms with Gasteiger partial charge in [0.25, 0.3) is 0 Å². The zero-order chi connectivity index (χ0) is 22.8. The van der Waals surface area contributed by atoms with Gasteiger partial charge in [-0.3, -0.25) is 5.43 Å². The molecule has 3 atom stereocenters. The van der Waals surface area contributed by atoms with Gasteiger partial charge in [0.1, 0.15) is 11.9 Å². The molecule has 9 heteroatoms. The van der Waals surface area contributed by atoms with Crippen LogP contribution in [0.25, 0.3) is 0 Å². The summed E-state index contributed by atoms with van der Waals surface area (Å²) in [6, 6.07) is 12.7. The summed E-state index contributed by atoms with van der Waals surface area (Å²) in [6.07, 6.45) is 7.14. The fraction of sp³-hybridized carbons (Fsp3) is 0.375. The van der Waals surface area contributed by atoms with Crippen molar-refractivity contribution in [2.24, 2.45) is 5.10 Å². The van der Waals surface area contributed by atoms with Gasteiger partial charge < -0.3 is 14.6 Å². The lowest BCUT2D eigenvalue weighted by atomic mass is 10.00. The molecule has 0 bridgehead atoms. The Hall–Kier alpha value is -2.78. The van der Waals surface area contributed by atoms with E-state index in [9.17, 15) is 8.78 Å². The number of rotatable bonds is 7. The second kappa shape index (κ2) is 9.61. The van der Waals surface area contributed by atoms with E-state index in [4.69, 9.17) is 4.74 Å². The van der Waals surface area contributed by atoms with Crippen molar-refractivity contribution in [2.75, 3.05) is 6.61 Å². The van der Waals surface area contributed by atoms with Crippen molar-refractivity contribution in [3.8, 4) is 5.75 Å². The van der Waals surface area contributed by atoms with Crippen molar-refractivity contribution in [1.29, 1.82) is 0 Å². The Labute approximate surface area is 196 Å². The summed E-state index contributed by atoms with van der Waals surface area (Å²) in [4.78, 5) is 2.11. The number of nitrogens with zero attached hydrogens (tertiary/aromatic N) is 3. The highest BCUT2D eigenvalue weighted by Crippen LogP contribution is 2.36. The first kappa shape index (κ1) is 22.0. The van der Waals surface area contributed by atoms with Gasteiger partial charge in [-0.2, -0.15) is 5.10 Å². The van der Waals surface area contributed by atoms with Crippen LogP contribution < -0.4 is 15.6 Å². The van der Waals surface area contributed by atoms with Gasteiger partial charge >= 0.3 is 0 Å². The van der Waals surface area contributed by atoms with Crippen LogP contribution in [0.5, 0.6) is 5.75 Å². The molecule has 3 aliphatic rings. The van der Waals surface area contributed by atoms with Crippen molar-refractivity contribution in [3.05, 3.63) is 77.6 Å². The van der Waals surface area contributed by atoms with Crippen molar-refractivity contribution in [1.82, 2.24) is 20.8 Å². The maximum absolute atomic E-state index is 13.5. The van der Waals surface area contributed by atoms with Gasteiger partial charge in [-0.15, -0.1) is 0 Å². The van der Waals surface area contributed by atoms with Crippen LogP contribution in [-0.2, 0) is 5.75 Å². The summed E-state index contributed by atoms with van der Waals surface area (Å²) in [5.41, 5.74) is 8.78. The van der Waals surface area contributed by atoms with Crippen LogP contribution >= 0.6 is 11.8 Å². The van der Waals surface area contributed by atoms with Gasteiger partial charge in [0.2, 0.25) is 0 Å². The molecule has 5 rings (SSSR count). The minimum Gasteiger partial charge on any atom is -0.494 e. The Kier molecular flexibility index (Phi) is 6.41. The van der Waals surface area contributed by atoms with Crippen LogP contribution in [0.15, 0.2) is 60.0 Å². The molecule has 1 fully saturated rings. The summed E-state index contributed by atoms with van der Waals surface area (Å²) in [6.45, 7) is 2.90. The average molecular weight is 472 g/mol. The molecular weight excluding hydrogens is 444 g/mol. The maximum atomic E-state index is 13.5. The Bertz CT molecular complexity index is 1050. The third-order valence-electron chi connectivity index (χ3n) is 6.11. The topological polar surface area (TPSA) is 52.1 Å². The van der Waals surface area contributed by atoms with Crippen molar-refractivity contribution in [2.45, 2.75) is 50.2 Å². The number of unbranched alkanes of at least 4 members (excludes halogenated alkanes) is 1. The van der Waals surface area contributed by atoms with Crippen LogP contribution in [0.2, 0.25) is 0 Å². The average Bonchev–Trinajstić information content (AvgIpc) is 3.44. The minimum absolute atomic E-state index is 0.0107. The maximum Gasteiger partial charge on any atom is 0.189 e. The van der Waals surface area contributed by atoms with E-state index in [1.54, 1.807) is 6.07 Å². The number of thioether (sulfide) groups is 1. The van der Waals surface area contributed by atoms with Crippen LogP contribution in [-0.4, -0.2) is 33.9 Å². The number of fused-ring (bicyclic) bond motifs is 3. The number of ether oxygens (including phenoxy) is 1. The largest absolute Gasteiger partial charge is 0.494 e. The molecule has 0 saturated carbocycles. The van der Waals surface area contributed by atoms with Crippen molar-refractivity contribution in [3.63, 3.8) is 0 Å². The number of halogens is 2. The Morgan fingerprint density at radius 1 is 1.12 bits per heavy atom. The smallest absolute Gasteiger partial charge is 0.189 e. The van der Waals surface area contributed by atoms with Crippen LogP contribution in [0.4, 0.5) is 8.78 Å². The van der Waals surface area contributed by atoms with E-state index >= 15 is 0 Å². The number of hydrogen-bond donors (Lipinski definition) is 2. The molecule has 0 amide bonds. The normalized spacial score (nSPS) is 23.2. The molecule has 0 aliphatic carbocycles. The van der Waals surface area contributed by atoms with E-state index in [1.165, 1.54) is 23.4 Å². The molecule has 3 unspecified atom stereocenters. The molecular formula is C24H27F2N5OS. The highest BCUT2D eigenvalue weighted by molar-refractivity contribution is 8.13. The number of hydrazine groups is 1. The molecule has 0 spiro atoms. The summed E-state index contributed by atoms with van der Waals surface area (Å²) < 4.78 is 32.4. The molecule has 2 aromatic rings. The Morgan fingerprint density at radius 3 is 2.76 bits per heavy atom. The summed E-state index contributed by atoms with van der Waals surface area (Å²) in [5.74, 6) is -0.238. The number of nitrogens with one attached hydrogen (secondary N) is 2. The monoisotopic (exact) mass is 471 g/mol. The highest BCUT2D eigenvalue weighted by Gasteiger charge is 2.44. The molecule has 2 aromatic carbocycles. The number of hydrogen-bond acceptors (Lipinski definition) is 7. The van der Waals surface area contributed by atoms with Gasteiger partial charge in [-0.1, -0.05) is 43.3 Å². The lowest BCUT2D eigenvalue weighted by Crippen LogP contribution is -2.54. The molecule has 3 aliphatic heterocycles. The van der Waals surface area contributed by atoms with Crippen LogP contribution in [0.1, 0.15) is 43.4 Å². The third kappa shape index (κ3) is 4.65. The molecule has 0 radical (unpaired) electrons. The van der Waals surface area contributed by atoms with Gasteiger partial charge in [0.05, 0.1) is 18.7 Å². The molecule has 6 nitrogen and oxygen atoms in total. The van der Waals surface area contributed by atoms with E-state index < -0.39 is 11.6 Å². The molecule has 33 heavy (non-hydrogen) atoms. The Morgan fingerprint density at radius 2 is 1.97 bits per heavy atom. The fourth-order valence-corrected chi connectivity index (χ4v) is 5.19. The molecule has 174 valence electrons. The predicted molar refractivity (Wildman–Crippen MR) is 126 cm³/mol. The lowest BCUT2D eigenvalue weighted by molar-refractivity contribution is 0.152. The fourth-order valence-electron chi connectivity index (χ4n) is 4.28. The second-order valence-electron chi connectivity index (χ2n) is 8.37. The quantitative estimate of drug-likeness (QED) is 0.572. The molecule has 2 N–H and O–H groups in total. The SMILES string of the molecule is CCCCOc1ccc(C2CC3C4NN=C(SCc5ccc(F)c(F)c5)N4C=CN3N2)cc1. The van der Waals surface area contributed by atoms with Gasteiger partial charge in [-0.05, 0) is 48.2 Å². The van der Waals surface area contributed by atoms with Gasteiger partial charge in [0, 0.05) is 18.2 Å². The predicted octanol–water partition coefficient (Wildman–Crippen LogP) is 4.68. The summed E-state index contributed by atoms with van der Waals surface area (Å²) in [7, 11) is 0. The first-order chi connectivity index (χ1) is 16.1. The summed E-state index contributed by atoms with van der Waals surface area (Å²) >= 11 is 1.50. The van der Waals surface area contributed by atoms with Crippen molar-refractivity contribution < 1.29 is 13.5 Å². The first-order valence-corrected chi connectivity index (χ1v) is 12.2. The van der Waals surface area contributed by atoms with Crippen LogP contribution in [0.3, 0.4) is 0 Å². The third-order valence-corrected chi connectivity index (χ3v) is 7.14. The van der Waals surface area contributed by atoms with E-state index in [0.29, 0.717) is 5.75 Å². The Balaban J connectivity index is 1.19.